The van der Waals surface area contributed by atoms with E-state index in [1.807, 2.05) is 27.7 Å². The Morgan fingerprint density at radius 1 is 1.28 bits per heavy atom. The van der Waals surface area contributed by atoms with Crippen molar-refractivity contribution in [1.82, 2.24) is 0 Å². The van der Waals surface area contributed by atoms with Crippen LogP contribution in [0.3, 0.4) is 0 Å². The lowest BCUT2D eigenvalue weighted by atomic mass is 9.82. The number of halogens is 2. The Bertz CT molecular complexity index is 678. The predicted octanol–water partition coefficient (Wildman–Crippen LogP) is 4.69. The molecule has 1 aromatic carbocycles. The molecule has 1 saturated heterocycles. The standard InChI is InChI=1S/C19H23BClFO3/c1-6-11-23-12-10-16(14-8-7-9-15(21)13-14)17(22)20-24-18(2,3)19(4,5)25-20/h1,7-9,13H,10-12H2,2-5H3. The lowest BCUT2D eigenvalue weighted by Gasteiger charge is -2.32. The molecule has 1 heterocycles. The third-order valence-electron chi connectivity index (χ3n) is 4.60. The minimum absolute atomic E-state index is 0.181. The van der Waals surface area contributed by atoms with Crippen LogP contribution < -0.4 is 0 Å². The van der Waals surface area contributed by atoms with Crippen LogP contribution in [0.25, 0.3) is 5.57 Å². The Balaban J connectivity index is 2.33. The molecule has 134 valence electrons. The normalized spacial score (nSPS) is 19.5. The van der Waals surface area contributed by atoms with E-state index in [9.17, 15) is 0 Å². The van der Waals surface area contributed by atoms with E-state index in [4.69, 9.17) is 32.1 Å². The number of hydrogen-bond donors (Lipinski definition) is 0. The molecule has 1 aromatic rings. The van der Waals surface area contributed by atoms with Crippen LogP contribution in [-0.2, 0) is 14.0 Å². The second-order valence-corrected chi connectivity index (χ2v) is 7.37. The minimum Gasteiger partial charge on any atom is -0.398 e. The van der Waals surface area contributed by atoms with E-state index in [2.05, 4.69) is 5.92 Å². The van der Waals surface area contributed by atoms with Crippen molar-refractivity contribution in [3.8, 4) is 12.3 Å². The zero-order chi connectivity index (χ0) is 18.7. The Morgan fingerprint density at radius 3 is 2.48 bits per heavy atom. The van der Waals surface area contributed by atoms with Gasteiger partial charge in [0.15, 0.2) is 0 Å². The van der Waals surface area contributed by atoms with Crippen molar-refractivity contribution in [2.75, 3.05) is 13.2 Å². The summed E-state index contributed by atoms with van der Waals surface area (Å²) in [6.07, 6.45) is 5.51. The first-order valence-corrected chi connectivity index (χ1v) is 8.57. The number of benzene rings is 1. The molecule has 25 heavy (non-hydrogen) atoms. The van der Waals surface area contributed by atoms with Crippen LogP contribution in [0, 0.1) is 12.3 Å². The van der Waals surface area contributed by atoms with Crippen molar-refractivity contribution in [1.29, 1.82) is 0 Å². The summed E-state index contributed by atoms with van der Waals surface area (Å²) in [4.78, 5) is 0. The maximum Gasteiger partial charge on any atom is 0.525 e. The van der Waals surface area contributed by atoms with Crippen molar-refractivity contribution >= 4 is 24.3 Å². The number of rotatable bonds is 6. The van der Waals surface area contributed by atoms with Crippen LogP contribution >= 0.6 is 11.6 Å². The van der Waals surface area contributed by atoms with Crippen molar-refractivity contribution in [2.24, 2.45) is 0 Å². The van der Waals surface area contributed by atoms with Crippen molar-refractivity contribution in [3.63, 3.8) is 0 Å². The zero-order valence-electron chi connectivity index (χ0n) is 15.1. The molecule has 0 spiro atoms. The Morgan fingerprint density at radius 2 is 1.92 bits per heavy atom. The molecule has 1 aliphatic rings. The van der Waals surface area contributed by atoms with Gasteiger partial charge in [-0.15, -0.1) is 6.42 Å². The van der Waals surface area contributed by atoms with Crippen LogP contribution in [0.5, 0.6) is 0 Å². The Labute approximate surface area is 154 Å². The van der Waals surface area contributed by atoms with Crippen molar-refractivity contribution in [2.45, 2.75) is 45.3 Å². The summed E-state index contributed by atoms with van der Waals surface area (Å²) < 4.78 is 32.2. The van der Waals surface area contributed by atoms with Crippen LogP contribution in [0.4, 0.5) is 4.39 Å². The molecule has 2 rings (SSSR count). The molecule has 0 unspecified atom stereocenters. The van der Waals surface area contributed by atoms with Gasteiger partial charge in [0.1, 0.15) is 12.3 Å². The third-order valence-corrected chi connectivity index (χ3v) is 4.84. The highest BCUT2D eigenvalue weighted by Gasteiger charge is 2.53. The molecule has 0 bridgehead atoms. The number of hydrogen-bond acceptors (Lipinski definition) is 3. The van der Waals surface area contributed by atoms with E-state index in [1.165, 1.54) is 0 Å². The largest absolute Gasteiger partial charge is 0.525 e. The van der Waals surface area contributed by atoms with Gasteiger partial charge >= 0.3 is 7.12 Å². The molecule has 1 fully saturated rings. The van der Waals surface area contributed by atoms with E-state index in [-0.39, 0.29) is 6.61 Å². The SMILES string of the molecule is C#CCOCCC(=C(F)B1OC(C)(C)C(C)(C)O1)c1cccc(Cl)c1. The average molecular weight is 365 g/mol. The molecule has 0 amide bonds. The molecule has 0 aliphatic carbocycles. The first-order chi connectivity index (χ1) is 11.7. The molecular formula is C19H23BClFO3. The summed E-state index contributed by atoms with van der Waals surface area (Å²) in [7, 11) is -1.06. The second kappa shape index (κ2) is 7.93. The topological polar surface area (TPSA) is 27.7 Å². The zero-order valence-corrected chi connectivity index (χ0v) is 15.8. The van der Waals surface area contributed by atoms with Crippen LogP contribution in [0.1, 0.15) is 39.7 Å². The summed E-state index contributed by atoms with van der Waals surface area (Å²) in [5.41, 5.74) is -0.588. The van der Waals surface area contributed by atoms with Gasteiger partial charge in [0, 0.05) is 5.02 Å². The molecule has 6 heteroatoms. The van der Waals surface area contributed by atoms with Gasteiger partial charge in [0.25, 0.3) is 0 Å². The molecule has 3 nitrogen and oxygen atoms in total. The molecule has 0 atom stereocenters. The van der Waals surface area contributed by atoms with E-state index >= 15 is 4.39 Å². The van der Waals surface area contributed by atoms with Crippen LogP contribution in [0.15, 0.2) is 30.0 Å². The first kappa shape index (κ1) is 20.0. The number of ether oxygens (including phenoxy) is 1. The highest BCUT2D eigenvalue weighted by atomic mass is 35.5. The van der Waals surface area contributed by atoms with Crippen molar-refractivity contribution < 1.29 is 18.4 Å². The van der Waals surface area contributed by atoms with E-state index in [0.717, 1.165) is 0 Å². The van der Waals surface area contributed by atoms with Gasteiger partial charge in [0.2, 0.25) is 0 Å². The fourth-order valence-corrected chi connectivity index (χ4v) is 2.66. The van der Waals surface area contributed by atoms with Gasteiger partial charge in [-0.3, -0.25) is 0 Å². The summed E-state index contributed by atoms with van der Waals surface area (Å²) in [6, 6.07) is 7.03. The lowest BCUT2D eigenvalue weighted by Crippen LogP contribution is -2.41. The summed E-state index contributed by atoms with van der Waals surface area (Å²) in [5.74, 6) is 2.39. The highest BCUT2D eigenvalue weighted by Crippen LogP contribution is 2.40. The first-order valence-electron chi connectivity index (χ1n) is 8.19. The fourth-order valence-electron chi connectivity index (χ4n) is 2.47. The van der Waals surface area contributed by atoms with Gasteiger partial charge in [-0.05, 0) is 57.4 Å². The maximum atomic E-state index is 15.3. The molecule has 0 N–H and O–H groups in total. The van der Waals surface area contributed by atoms with E-state index in [0.29, 0.717) is 29.2 Å². The smallest absolute Gasteiger partial charge is 0.398 e. The Hall–Kier alpha value is -1.32. The van der Waals surface area contributed by atoms with Crippen LogP contribution in [-0.4, -0.2) is 31.5 Å². The van der Waals surface area contributed by atoms with E-state index < -0.39 is 24.0 Å². The predicted molar refractivity (Wildman–Crippen MR) is 99.8 cm³/mol. The van der Waals surface area contributed by atoms with Crippen LogP contribution in [0.2, 0.25) is 5.02 Å². The summed E-state index contributed by atoms with van der Waals surface area (Å²) in [6.45, 7) is 8.01. The van der Waals surface area contributed by atoms with E-state index in [1.54, 1.807) is 24.3 Å². The van der Waals surface area contributed by atoms with Gasteiger partial charge in [-0.25, -0.2) is 4.39 Å². The highest BCUT2D eigenvalue weighted by molar-refractivity contribution is 6.55. The third kappa shape index (κ3) is 4.65. The molecule has 0 radical (unpaired) electrons. The lowest BCUT2D eigenvalue weighted by molar-refractivity contribution is 0.00578. The summed E-state index contributed by atoms with van der Waals surface area (Å²) >= 11 is 6.06. The van der Waals surface area contributed by atoms with Gasteiger partial charge in [-0.1, -0.05) is 29.7 Å². The average Bonchev–Trinajstić information content (AvgIpc) is 2.75. The summed E-state index contributed by atoms with van der Waals surface area (Å²) in [5, 5.41) is 0.529. The number of terminal acetylenes is 1. The van der Waals surface area contributed by atoms with Crippen molar-refractivity contribution in [3.05, 3.63) is 40.6 Å². The van der Waals surface area contributed by atoms with Gasteiger partial charge < -0.3 is 14.0 Å². The molecule has 0 saturated carbocycles. The monoisotopic (exact) mass is 364 g/mol. The minimum atomic E-state index is -1.06. The second-order valence-electron chi connectivity index (χ2n) is 6.93. The van der Waals surface area contributed by atoms with Gasteiger partial charge in [0.05, 0.1) is 17.8 Å². The molecule has 0 aromatic heterocycles. The Kier molecular flexibility index (Phi) is 6.34. The molecule has 1 aliphatic heterocycles. The quantitative estimate of drug-likeness (QED) is 0.416. The van der Waals surface area contributed by atoms with Gasteiger partial charge in [-0.2, -0.15) is 0 Å². The maximum absolute atomic E-state index is 15.3. The molecular weight excluding hydrogens is 341 g/mol. The fraction of sp³-hybridized carbons (Fsp3) is 0.474.